The van der Waals surface area contributed by atoms with E-state index in [4.69, 9.17) is 0 Å². The first-order valence-corrected chi connectivity index (χ1v) is 9.60. The molecular formula is C20H24N4O3. The molecule has 1 saturated heterocycles. The van der Waals surface area contributed by atoms with E-state index in [-0.39, 0.29) is 28.9 Å². The number of aromatic nitrogens is 2. The lowest BCUT2D eigenvalue weighted by Crippen LogP contribution is -2.52. The van der Waals surface area contributed by atoms with E-state index in [0.29, 0.717) is 31.8 Å². The summed E-state index contributed by atoms with van der Waals surface area (Å²) in [6, 6.07) is 3.64. The van der Waals surface area contributed by atoms with Crippen LogP contribution in [0.15, 0.2) is 29.3 Å². The van der Waals surface area contributed by atoms with Crippen LogP contribution in [0, 0.1) is 12.8 Å². The van der Waals surface area contributed by atoms with Gasteiger partial charge in [-0.05, 0) is 31.4 Å². The first kappa shape index (κ1) is 17.7. The summed E-state index contributed by atoms with van der Waals surface area (Å²) < 4.78 is 1.42. The van der Waals surface area contributed by atoms with E-state index in [1.54, 1.807) is 17.2 Å². The van der Waals surface area contributed by atoms with Gasteiger partial charge in [0.15, 0.2) is 0 Å². The van der Waals surface area contributed by atoms with Crippen LogP contribution in [-0.2, 0) is 4.79 Å². The fourth-order valence-corrected chi connectivity index (χ4v) is 4.06. The Bertz CT molecular complexity index is 938. The molecule has 27 heavy (non-hydrogen) atoms. The van der Waals surface area contributed by atoms with Crippen molar-refractivity contribution < 1.29 is 9.59 Å². The van der Waals surface area contributed by atoms with Crippen LogP contribution in [0.1, 0.15) is 41.6 Å². The van der Waals surface area contributed by atoms with Crippen LogP contribution in [0.25, 0.3) is 5.65 Å². The zero-order valence-electron chi connectivity index (χ0n) is 15.6. The van der Waals surface area contributed by atoms with Gasteiger partial charge in [0.2, 0.25) is 5.91 Å². The van der Waals surface area contributed by atoms with Crippen molar-refractivity contribution in [2.45, 2.75) is 32.6 Å². The number of aryl methyl sites for hydroxylation is 1. The molecule has 2 aromatic rings. The zero-order chi connectivity index (χ0) is 19.0. The molecule has 7 heteroatoms. The first-order valence-electron chi connectivity index (χ1n) is 9.60. The minimum Gasteiger partial charge on any atom is -0.339 e. The Morgan fingerprint density at radius 2 is 1.70 bits per heavy atom. The summed E-state index contributed by atoms with van der Waals surface area (Å²) >= 11 is 0. The second-order valence-electron chi connectivity index (χ2n) is 7.51. The van der Waals surface area contributed by atoms with Crippen LogP contribution < -0.4 is 5.56 Å². The number of hydrogen-bond donors (Lipinski definition) is 0. The maximum atomic E-state index is 12.9. The molecule has 142 valence electrons. The Hall–Kier alpha value is -2.70. The largest absolute Gasteiger partial charge is 0.339 e. The van der Waals surface area contributed by atoms with Gasteiger partial charge >= 0.3 is 0 Å². The standard InChI is InChI=1S/C20H24N4O3/c1-14-6-7-17-21-12-16(20(27)24(17)13-14)19(26)23-10-8-22(9-11-23)18(25)15-4-2-3-5-15/h6-7,12-13,15H,2-5,8-11H2,1H3. The summed E-state index contributed by atoms with van der Waals surface area (Å²) in [5.41, 5.74) is 1.18. The van der Waals surface area contributed by atoms with Crippen molar-refractivity contribution in [1.29, 1.82) is 0 Å². The van der Waals surface area contributed by atoms with Gasteiger partial charge in [0, 0.05) is 44.5 Å². The van der Waals surface area contributed by atoms with Gasteiger partial charge in [-0.3, -0.25) is 18.8 Å². The Labute approximate surface area is 157 Å². The fraction of sp³-hybridized carbons (Fsp3) is 0.500. The molecule has 4 rings (SSSR count). The summed E-state index contributed by atoms with van der Waals surface area (Å²) in [6.45, 7) is 3.85. The lowest BCUT2D eigenvalue weighted by molar-refractivity contribution is -0.136. The molecule has 0 unspecified atom stereocenters. The number of carbonyl (C=O) groups is 2. The van der Waals surface area contributed by atoms with Crippen LogP contribution in [0.3, 0.4) is 0 Å². The second kappa shape index (κ2) is 7.13. The number of hydrogen-bond acceptors (Lipinski definition) is 4. The molecule has 3 heterocycles. The summed E-state index contributed by atoms with van der Waals surface area (Å²) in [4.78, 5) is 45.9. The van der Waals surface area contributed by atoms with Gasteiger partial charge in [-0.2, -0.15) is 0 Å². The predicted molar refractivity (Wildman–Crippen MR) is 101 cm³/mol. The minimum absolute atomic E-state index is 0.0775. The van der Waals surface area contributed by atoms with Gasteiger partial charge in [-0.25, -0.2) is 4.98 Å². The summed E-state index contributed by atoms with van der Waals surface area (Å²) in [5.74, 6) is 0.0729. The summed E-state index contributed by atoms with van der Waals surface area (Å²) in [5, 5.41) is 0. The van der Waals surface area contributed by atoms with Gasteiger partial charge in [0.1, 0.15) is 11.2 Å². The number of piperazine rings is 1. The third kappa shape index (κ3) is 3.34. The Morgan fingerprint density at radius 1 is 1.04 bits per heavy atom. The van der Waals surface area contributed by atoms with E-state index in [9.17, 15) is 14.4 Å². The molecule has 0 N–H and O–H groups in total. The van der Waals surface area contributed by atoms with Crippen LogP contribution >= 0.6 is 0 Å². The molecule has 0 bridgehead atoms. The normalized spacial score (nSPS) is 18.3. The van der Waals surface area contributed by atoms with Gasteiger partial charge < -0.3 is 9.80 Å². The van der Waals surface area contributed by atoms with E-state index >= 15 is 0 Å². The highest BCUT2D eigenvalue weighted by atomic mass is 16.2. The van der Waals surface area contributed by atoms with Crippen molar-refractivity contribution in [3.05, 3.63) is 46.0 Å². The van der Waals surface area contributed by atoms with Crippen molar-refractivity contribution >= 4 is 17.5 Å². The molecule has 0 aromatic carbocycles. The maximum Gasteiger partial charge on any atom is 0.270 e. The lowest BCUT2D eigenvalue weighted by atomic mass is 10.1. The van der Waals surface area contributed by atoms with E-state index in [1.165, 1.54) is 10.6 Å². The van der Waals surface area contributed by atoms with Crippen molar-refractivity contribution in [1.82, 2.24) is 19.2 Å². The molecule has 2 amide bonds. The van der Waals surface area contributed by atoms with Crippen molar-refractivity contribution in [3.63, 3.8) is 0 Å². The lowest BCUT2D eigenvalue weighted by Gasteiger charge is -2.35. The topological polar surface area (TPSA) is 75.0 Å². The minimum atomic E-state index is -0.349. The quantitative estimate of drug-likeness (QED) is 0.805. The number of fused-ring (bicyclic) bond motifs is 1. The van der Waals surface area contributed by atoms with Crippen molar-refractivity contribution in [2.75, 3.05) is 26.2 Å². The van der Waals surface area contributed by atoms with Crippen LogP contribution in [0.5, 0.6) is 0 Å². The maximum absolute atomic E-state index is 12.9. The molecule has 7 nitrogen and oxygen atoms in total. The smallest absolute Gasteiger partial charge is 0.270 e. The van der Waals surface area contributed by atoms with Gasteiger partial charge in [0.25, 0.3) is 11.5 Å². The number of nitrogens with zero attached hydrogens (tertiary/aromatic N) is 4. The summed E-state index contributed by atoms with van der Waals surface area (Å²) in [6.07, 6.45) is 7.29. The number of rotatable bonds is 2. The van der Waals surface area contributed by atoms with E-state index in [1.807, 2.05) is 17.9 Å². The number of amides is 2. The fourth-order valence-electron chi connectivity index (χ4n) is 4.06. The monoisotopic (exact) mass is 368 g/mol. The van der Waals surface area contributed by atoms with Gasteiger partial charge in [-0.1, -0.05) is 18.9 Å². The SMILES string of the molecule is Cc1ccc2ncc(C(=O)N3CCN(C(=O)C4CCCC4)CC3)c(=O)n2c1. The van der Waals surface area contributed by atoms with Crippen molar-refractivity contribution in [3.8, 4) is 0 Å². The van der Waals surface area contributed by atoms with Gasteiger partial charge in [0.05, 0.1) is 0 Å². The molecule has 0 atom stereocenters. The van der Waals surface area contributed by atoms with Crippen molar-refractivity contribution in [2.24, 2.45) is 5.92 Å². The molecule has 2 aliphatic rings. The first-order chi connectivity index (χ1) is 13.0. The molecule has 0 radical (unpaired) electrons. The van der Waals surface area contributed by atoms with E-state index in [2.05, 4.69) is 4.98 Å². The highest BCUT2D eigenvalue weighted by Gasteiger charge is 2.31. The van der Waals surface area contributed by atoms with Crippen LogP contribution in [0.4, 0.5) is 0 Å². The third-order valence-corrected chi connectivity index (χ3v) is 5.66. The van der Waals surface area contributed by atoms with E-state index < -0.39 is 0 Å². The van der Waals surface area contributed by atoms with Gasteiger partial charge in [-0.15, -0.1) is 0 Å². The average Bonchev–Trinajstić information content (AvgIpc) is 3.23. The highest BCUT2D eigenvalue weighted by molar-refractivity contribution is 5.94. The van der Waals surface area contributed by atoms with Crippen LogP contribution in [-0.4, -0.2) is 57.2 Å². The molecule has 0 spiro atoms. The Morgan fingerprint density at radius 3 is 2.41 bits per heavy atom. The summed E-state index contributed by atoms with van der Waals surface area (Å²) in [7, 11) is 0. The number of carbonyl (C=O) groups excluding carboxylic acids is 2. The molecule has 1 aliphatic heterocycles. The third-order valence-electron chi connectivity index (χ3n) is 5.66. The second-order valence-corrected chi connectivity index (χ2v) is 7.51. The molecule has 1 aliphatic carbocycles. The molecule has 2 fully saturated rings. The predicted octanol–water partition coefficient (Wildman–Crippen LogP) is 1.48. The molecular weight excluding hydrogens is 344 g/mol. The Balaban J connectivity index is 1.48. The molecule has 1 saturated carbocycles. The highest BCUT2D eigenvalue weighted by Crippen LogP contribution is 2.27. The molecule has 2 aromatic heterocycles. The van der Waals surface area contributed by atoms with Crippen LogP contribution in [0.2, 0.25) is 0 Å². The van der Waals surface area contributed by atoms with E-state index in [0.717, 1.165) is 31.2 Å². The Kier molecular flexibility index (Phi) is 4.68. The zero-order valence-corrected chi connectivity index (χ0v) is 15.6. The number of pyridine rings is 1. The average molecular weight is 368 g/mol.